The first kappa shape index (κ1) is 15.5. The van der Waals surface area contributed by atoms with Crippen LogP contribution in [0, 0.1) is 0 Å². The molecule has 0 bridgehead atoms. The molecule has 24 heavy (non-hydrogen) atoms. The van der Waals surface area contributed by atoms with Gasteiger partial charge in [0.1, 0.15) is 5.69 Å². The number of benzene rings is 1. The summed E-state index contributed by atoms with van der Waals surface area (Å²) in [6.07, 6.45) is 0. The second-order valence-electron chi connectivity index (χ2n) is 6.02. The maximum Gasteiger partial charge on any atom is 0.270 e. The quantitative estimate of drug-likeness (QED) is 0.695. The number of hydrogen-bond donors (Lipinski definition) is 0. The monoisotopic (exact) mass is 359 g/mol. The van der Waals surface area contributed by atoms with Crippen molar-refractivity contribution in [1.82, 2.24) is 9.47 Å². The van der Waals surface area contributed by atoms with Crippen molar-refractivity contribution in [2.24, 2.45) is 7.05 Å². The highest BCUT2D eigenvalue weighted by atomic mass is 35.5. The van der Waals surface area contributed by atoms with E-state index >= 15 is 0 Å². The average molecular weight is 360 g/mol. The van der Waals surface area contributed by atoms with Crippen molar-refractivity contribution in [1.29, 1.82) is 0 Å². The topological polar surface area (TPSA) is 28.5 Å². The molecule has 3 aromatic rings. The third kappa shape index (κ3) is 2.68. The molecule has 3 heterocycles. The first-order valence-electron chi connectivity index (χ1n) is 7.96. The Bertz CT molecular complexity index is 893. The third-order valence-electron chi connectivity index (χ3n) is 4.62. The number of rotatable bonds is 2. The van der Waals surface area contributed by atoms with Crippen LogP contribution >= 0.6 is 22.9 Å². The standard InChI is InChI=1S/C18H18ClN3OS/c1-20-15-5-10-24-17(15)12-16(20)18(23)22-8-6-21(7-9-22)14-4-2-3-13(19)11-14/h2-5,10-12H,6-9H2,1H3. The van der Waals surface area contributed by atoms with Gasteiger partial charge in [0.25, 0.3) is 5.91 Å². The average Bonchev–Trinajstić information content (AvgIpc) is 3.18. The van der Waals surface area contributed by atoms with E-state index in [1.54, 1.807) is 11.3 Å². The molecule has 2 aromatic heterocycles. The zero-order valence-corrected chi connectivity index (χ0v) is 15.0. The summed E-state index contributed by atoms with van der Waals surface area (Å²) < 4.78 is 3.16. The van der Waals surface area contributed by atoms with Crippen LogP contribution < -0.4 is 4.90 Å². The van der Waals surface area contributed by atoms with Gasteiger partial charge in [-0.3, -0.25) is 4.79 Å². The first-order valence-corrected chi connectivity index (χ1v) is 9.22. The Morgan fingerprint density at radius 1 is 1.12 bits per heavy atom. The molecule has 1 amide bonds. The van der Waals surface area contributed by atoms with E-state index in [-0.39, 0.29) is 5.91 Å². The molecular weight excluding hydrogens is 342 g/mol. The number of piperazine rings is 1. The van der Waals surface area contributed by atoms with Crippen molar-refractivity contribution in [3.8, 4) is 0 Å². The lowest BCUT2D eigenvalue weighted by Gasteiger charge is -2.36. The molecule has 0 aliphatic carbocycles. The number of carbonyl (C=O) groups is 1. The number of aryl methyl sites for hydroxylation is 1. The van der Waals surface area contributed by atoms with Crippen LogP contribution in [0.1, 0.15) is 10.5 Å². The summed E-state index contributed by atoms with van der Waals surface area (Å²) in [7, 11) is 1.96. The maximum absolute atomic E-state index is 12.9. The molecule has 1 saturated heterocycles. The summed E-state index contributed by atoms with van der Waals surface area (Å²) in [5, 5.41) is 2.80. The fourth-order valence-electron chi connectivity index (χ4n) is 3.26. The van der Waals surface area contributed by atoms with Gasteiger partial charge in [0.15, 0.2) is 0 Å². The predicted molar refractivity (Wildman–Crippen MR) is 100 cm³/mol. The van der Waals surface area contributed by atoms with E-state index in [9.17, 15) is 4.79 Å². The summed E-state index contributed by atoms with van der Waals surface area (Å²) in [4.78, 5) is 17.1. The molecule has 124 valence electrons. The number of amides is 1. The Morgan fingerprint density at radius 3 is 2.62 bits per heavy atom. The summed E-state index contributed by atoms with van der Waals surface area (Å²) >= 11 is 7.75. The summed E-state index contributed by atoms with van der Waals surface area (Å²) in [6, 6.07) is 12.0. The molecule has 1 aliphatic rings. The molecule has 0 spiro atoms. The molecule has 0 unspecified atom stereocenters. The molecule has 0 atom stereocenters. The van der Waals surface area contributed by atoms with Crippen molar-refractivity contribution < 1.29 is 4.79 Å². The van der Waals surface area contributed by atoms with Gasteiger partial charge >= 0.3 is 0 Å². The van der Waals surface area contributed by atoms with Gasteiger partial charge in [0.2, 0.25) is 0 Å². The van der Waals surface area contributed by atoms with E-state index in [1.165, 1.54) is 4.70 Å². The highest BCUT2D eigenvalue weighted by Gasteiger charge is 2.25. The fourth-order valence-corrected chi connectivity index (χ4v) is 4.29. The molecule has 0 saturated carbocycles. The van der Waals surface area contributed by atoms with Crippen molar-refractivity contribution in [2.75, 3.05) is 31.1 Å². The minimum absolute atomic E-state index is 0.117. The van der Waals surface area contributed by atoms with Crippen molar-refractivity contribution in [3.63, 3.8) is 0 Å². The second-order valence-corrected chi connectivity index (χ2v) is 7.40. The van der Waals surface area contributed by atoms with E-state index in [0.29, 0.717) is 0 Å². The molecule has 4 rings (SSSR count). The number of halogens is 1. The molecule has 0 N–H and O–H groups in total. The van der Waals surface area contributed by atoms with E-state index in [4.69, 9.17) is 11.6 Å². The largest absolute Gasteiger partial charge is 0.368 e. The van der Waals surface area contributed by atoms with Crippen LogP contribution in [0.4, 0.5) is 5.69 Å². The smallest absolute Gasteiger partial charge is 0.270 e. The highest BCUT2D eigenvalue weighted by molar-refractivity contribution is 7.17. The lowest BCUT2D eigenvalue weighted by Crippen LogP contribution is -2.49. The van der Waals surface area contributed by atoms with E-state index in [2.05, 4.69) is 22.4 Å². The van der Waals surface area contributed by atoms with Crippen LogP contribution in [-0.4, -0.2) is 41.6 Å². The van der Waals surface area contributed by atoms with Crippen LogP contribution in [0.5, 0.6) is 0 Å². The Morgan fingerprint density at radius 2 is 1.92 bits per heavy atom. The van der Waals surface area contributed by atoms with Gasteiger partial charge in [-0.25, -0.2) is 0 Å². The molecule has 4 nitrogen and oxygen atoms in total. The Labute approximate surface area is 149 Å². The maximum atomic E-state index is 12.9. The molecular formula is C18H18ClN3OS. The Kier molecular flexibility index (Phi) is 3.98. The van der Waals surface area contributed by atoms with Crippen molar-refractivity contribution in [3.05, 3.63) is 52.5 Å². The molecule has 0 radical (unpaired) electrons. The number of fused-ring (bicyclic) bond motifs is 1. The zero-order chi connectivity index (χ0) is 16.7. The fraction of sp³-hybridized carbons (Fsp3) is 0.278. The van der Waals surface area contributed by atoms with Crippen LogP contribution in [0.3, 0.4) is 0 Å². The van der Waals surface area contributed by atoms with Gasteiger partial charge in [-0.05, 0) is 35.7 Å². The van der Waals surface area contributed by atoms with Gasteiger partial charge in [0, 0.05) is 43.9 Å². The lowest BCUT2D eigenvalue weighted by molar-refractivity contribution is 0.0737. The molecule has 1 aliphatic heterocycles. The van der Waals surface area contributed by atoms with E-state index in [1.807, 2.05) is 40.8 Å². The summed E-state index contributed by atoms with van der Waals surface area (Å²) in [5.41, 5.74) is 3.02. The summed E-state index contributed by atoms with van der Waals surface area (Å²) in [5.74, 6) is 0.117. The Balaban J connectivity index is 1.48. The predicted octanol–water partition coefficient (Wildman–Crippen LogP) is 3.86. The van der Waals surface area contributed by atoms with Crippen LogP contribution in [0.25, 0.3) is 10.2 Å². The number of hydrogen-bond acceptors (Lipinski definition) is 3. The normalized spacial score (nSPS) is 15.2. The minimum Gasteiger partial charge on any atom is -0.368 e. The van der Waals surface area contributed by atoms with E-state index < -0.39 is 0 Å². The van der Waals surface area contributed by atoms with Crippen molar-refractivity contribution >= 4 is 44.7 Å². The first-order chi connectivity index (χ1) is 11.6. The van der Waals surface area contributed by atoms with Crippen LogP contribution in [0.15, 0.2) is 41.8 Å². The van der Waals surface area contributed by atoms with Crippen LogP contribution in [0.2, 0.25) is 5.02 Å². The second kappa shape index (κ2) is 6.15. The number of thiophene rings is 1. The van der Waals surface area contributed by atoms with E-state index in [0.717, 1.165) is 48.1 Å². The highest BCUT2D eigenvalue weighted by Crippen LogP contribution is 2.26. The summed E-state index contributed by atoms with van der Waals surface area (Å²) in [6.45, 7) is 3.10. The lowest BCUT2D eigenvalue weighted by atomic mass is 10.2. The minimum atomic E-state index is 0.117. The molecule has 1 fully saturated rings. The van der Waals surface area contributed by atoms with Gasteiger partial charge in [-0.1, -0.05) is 17.7 Å². The van der Waals surface area contributed by atoms with Gasteiger partial charge in [-0.15, -0.1) is 11.3 Å². The number of carbonyl (C=O) groups excluding carboxylic acids is 1. The molecule has 1 aromatic carbocycles. The van der Waals surface area contributed by atoms with Crippen molar-refractivity contribution in [2.45, 2.75) is 0 Å². The molecule has 6 heteroatoms. The van der Waals surface area contributed by atoms with Gasteiger partial charge in [-0.2, -0.15) is 0 Å². The van der Waals surface area contributed by atoms with Gasteiger partial charge < -0.3 is 14.4 Å². The number of aromatic nitrogens is 1. The Hall–Kier alpha value is -1.98. The number of nitrogens with zero attached hydrogens (tertiary/aromatic N) is 3. The third-order valence-corrected chi connectivity index (χ3v) is 5.71. The van der Waals surface area contributed by atoms with Gasteiger partial charge in [0.05, 0.1) is 10.2 Å². The number of anilines is 1. The zero-order valence-electron chi connectivity index (χ0n) is 13.4. The SMILES string of the molecule is Cn1c(C(=O)N2CCN(c3cccc(Cl)c3)CC2)cc2sccc21. The van der Waals surface area contributed by atoms with Crippen LogP contribution in [-0.2, 0) is 7.05 Å².